The number of aliphatic carboxylic acids is 1. The third kappa shape index (κ3) is 4.76. The lowest BCUT2D eigenvalue weighted by atomic mass is 9.94. The largest absolute Gasteiger partial charge is 0.481 e. The van der Waals surface area contributed by atoms with Gasteiger partial charge in [-0.3, -0.25) is 4.79 Å². The number of carbonyl (C=O) groups is 1. The van der Waals surface area contributed by atoms with Crippen LogP contribution in [-0.4, -0.2) is 36.0 Å². The van der Waals surface area contributed by atoms with E-state index in [1.807, 2.05) is 24.3 Å². The molecule has 5 heteroatoms. The van der Waals surface area contributed by atoms with E-state index in [4.69, 9.17) is 4.74 Å². The molecule has 0 spiro atoms. The van der Waals surface area contributed by atoms with Gasteiger partial charge in [-0.1, -0.05) is 34.1 Å². The molecule has 0 heterocycles. The van der Waals surface area contributed by atoms with Gasteiger partial charge in [0.2, 0.25) is 0 Å². The highest BCUT2D eigenvalue weighted by atomic mass is 79.9. The number of ether oxygens (including phenoxy) is 1. The Bertz CT molecular complexity index is 394. The molecular weight excluding hydrogens is 300 g/mol. The molecule has 2 unspecified atom stereocenters. The molecule has 0 fully saturated rings. The highest BCUT2D eigenvalue weighted by Crippen LogP contribution is 2.22. The summed E-state index contributed by atoms with van der Waals surface area (Å²) in [6, 6.07) is 7.50. The number of hydrogen-bond acceptors (Lipinski definition) is 3. The zero-order chi connectivity index (χ0) is 13.5. The van der Waals surface area contributed by atoms with Gasteiger partial charge < -0.3 is 14.9 Å². The number of halogens is 1. The Hall–Kier alpha value is -0.910. The third-order valence-electron chi connectivity index (χ3n) is 2.69. The first-order valence-corrected chi connectivity index (χ1v) is 6.47. The Kier molecular flexibility index (Phi) is 6.32. The Morgan fingerprint density at radius 2 is 2.11 bits per heavy atom. The van der Waals surface area contributed by atoms with Gasteiger partial charge in [-0.2, -0.15) is 0 Å². The number of rotatable bonds is 7. The van der Waals surface area contributed by atoms with E-state index in [2.05, 4.69) is 15.9 Å². The van der Waals surface area contributed by atoms with Crippen LogP contribution in [0.5, 0.6) is 0 Å². The summed E-state index contributed by atoms with van der Waals surface area (Å²) in [5.41, 5.74) is 0.925. The van der Waals surface area contributed by atoms with Gasteiger partial charge in [-0.05, 0) is 24.5 Å². The standard InChI is InChI=1S/C13H17BrO4/c1-18-8-11(15)7-10(13(16)17)6-9-4-2-3-5-12(9)14/h2-5,10-11,15H,6-8H2,1H3,(H,16,17). The van der Waals surface area contributed by atoms with Crippen molar-refractivity contribution < 1.29 is 19.7 Å². The van der Waals surface area contributed by atoms with Crippen molar-refractivity contribution in [2.24, 2.45) is 5.92 Å². The molecule has 1 aromatic carbocycles. The lowest BCUT2D eigenvalue weighted by molar-refractivity contribution is -0.143. The summed E-state index contributed by atoms with van der Waals surface area (Å²) >= 11 is 3.39. The predicted molar refractivity (Wildman–Crippen MR) is 71.5 cm³/mol. The second kappa shape index (κ2) is 7.51. The fraction of sp³-hybridized carbons (Fsp3) is 0.462. The molecule has 0 aliphatic carbocycles. The van der Waals surface area contributed by atoms with Gasteiger partial charge in [0.15, 0.2) is 0 Å². The fourth-order valence-electron chi connectivity index (χ4n) is 1.79. The first-order chi connectivity index (χ1) is 8.54. The molecule has 2 N–H and O–H groups in total. The number of hydrogen-bond donors (Lipinski definition) is 2. The summed E-state index contributed by atoms with van der Waals surface area (Å²) in [7, 11) is 1.48. The van der Waals surface area contributed by atoms with E-state index in [0.29, 0.717) is 6.42 Å². The van der Waals surface area contributed by atoms with Crippen LogP contribution in [0.15, 0.2) is 28.7 Å². The molecule has 0 radical (unpaired) electrons. The van der Waals surface area contributed by atoms with Gasteiger partial charge in [0.1, 0.15) is 0 Å². The van der Waals surface area contributed by atoms with Crippen LogP contribution in [0.25, 0.3) is 0 Å². The van der Waals surface area contributed by atoms with E-state index in [-0.39, 0.29) is 13.0 Å². The van der Waals surface area contributed by atoms with Crippen LogP contribution in [-0.2, 0) is 16.0 Å². The van der Waals surface area contributed by atoms with Crippen molar-refractivity contribution in [2.75, 3.05) is 13.7 Å². The van der Waals surface area contributed by atoms with Crippen LogP contribution in [0.3, 0.4) is 0 Å². The number of carboxylic acid groups (broad SMARTS) is 1. The summed E-state index contributed by atoms with van der Waals surface area (Å²) in [5, 5.41) is 18.8. The molecule has 0 saturated carbocycles. The number of aliphatic hydroxyl groups excluding tert-OH is 1. The number of aliphatic hydroxyl groups is 1. The monoisotopic (exact) mass is 316 g/mol. The van der Waals surface area contributed by atoms with Gasteiger partial charge in [0, 0.05) is 11.6 Å². The zero-order valence-electron chi connectivity index (χ0n) is 10.2. The number of carboxylic acids is 1. The molecule has 0 bridgehead atoms. The molecule has 0 aliphatic rings. The Morgan fingerprint density at radius 3 is 2.67 bits per heavy atom. The van der Waals surface area contributed by atoms with Gasteiger partial charge in [0.05, 0.1) is 18.6 Å². The van der Waals surface area contributed by atoms with Crippen molar-refractivity contribution >= 4 is 21.9 Å². The van der Waals surface area contributed by atoms with Crippen molar-refractivity contribution in [3.8, 4) is 0 Å². The summed E-state index contributed by atoms with van der Waals surface area (Å²) in [4.78, 5) is 11.2. The van der Waals surface area contributed by atoms with E-state index in [9.17, 15) is 15.0 Å². The number of methoxy groups -OCH3 is 1. The van der Waals surface area contributed by atoms with E-state index in [0.717, 1.165) is 10.0 Å². The minimum absolute atomic E-state index is 0.153. The van der Waals surface area contributed by atoms with E-state index in [1.165, 1.54) is 7.11 Å². The van der Waals surface area contributed by atoms with E-state index >= 15 is 0 Å². The molecule has 1 aromatic rings. The average Bonchev–Trinajstić information content (AvgIpc) is 2.31. The second-order valence-electron chi connectivity index (χ2n) is 4.18. The van der Waals surface area contributed by atoms with Gasteiger partial charge in [-0.25, -0.2) is 0 Å². The van der Waals surface area contributed by atoms with Crippen LogP contribution < -0.4 is 0 Å². The Labute approximate surface area is 115 Å². The first-order valence-electron chi connectivity index (χ1n) is 5.67. The molecule has 2 atom stereocenters. The maximum Gasteiger partial charge on any atom is 0.306 e. The molecule has 1 rings (SSSR count). The number of benzene rings is 1. The average molecular weight is 317 g/mol. The third-order valence-corrected chi connectivity index (χ3v) is 3.46. The Morgan fingerprint density at radius 1 is 1.44 bits per heavy atom. The molecule has 18 heavy (non-hydrogen) atoms. The van der Waals surface area contributed by atoms with Crippen LogP contribution in [0.1, 0.15) is 12.0 Å². The molecule has 100 valence electrons. The molecule has 0 aliphatic heterocycles. The first kappa shape index (κ1) is 15.1. The topological polar surface area (TPSA) is 66.8 Å². The van der Waals surface area contributed by atoms with Crippen LogP contribution in [0, 0.1) is 5.92 Å². The molecule has 0 saturated heterocycles. The van der Waals surface area contributed by atoms with Crippen molar-refractivity contribution in [3.05, 3.63) is 34.3 Å². The smallest absolute Gasteiger partial charge is 0.306 e. The lowest BCUT2D eigenvalue weighted by Gasteiger charge is -2.17. The van der Waals surface area contributed by atoms with E-state index in [1.54, 1.807) is 0 Å². The molecule has 0 amide bonds. The SMILES string of the molecule is COCC(O)CC(Cc1ccccc1Br)C(=O)O. The van der Waals surface area contributed by atoms with Crippen molar-refractivity contribution in [1.29, 1.82) is 0 Å². The maximum absolute atomic E-state index is 11.2. The summed E-state index contributed by atoms with van der Waals surface area (Å²) < 4.78 is 5.69. The van der Waals surface area contributed by atoms with Crippen LogP contribution >= 0.6 is 15.9 Å². The summed E-state index contributed by atoms with van der Waals surface area (Å²) in [5.74, 6) is -1.52. The maximum atomic E-state index is 11.2. The summed E-state index contributed by atoms with van der Waals surface area (Å²) in [6.45, 7) is 0.153. The Balaban J connectivity index is 2.69. The summed E-state index contributed by atoms with van der Waals surface area (Å²) in [6.07, 6.45) is -0.180. The zero-order valence-corrected chi connectivity index (χ0v) is 11.8. The second-order valence-corrected chi connectivity index (χ2v) is 5.03. The van der Waals surface area contributed by atoms with Gasteiger partial charge in [-0.15, -0.1) is 0 Å². The van der Waals surface area contributed by atoms with Crippen LogP contribution in [0.2, 0.25) is 0 Å². The quantitative estimate of drug-likeness (QED) is 0.808. The normalized spacial score (nSPS) is 14.2. The minimum Gasteiger partial charge on any atom is -0.481 e. The molecule has 0 aromatic heterocycles. The highest BCUT2D eigenvalue weighted by molar-refractivity contribution is 9.10. The van der Waals surface area contributed by atoms with Gasteiger partial charge >= 0.3 is 5.97 Å². The molecule has 4 nitrogen and oxygen atoms in total. The fourth-order valence-corrected chi connectivity index (χ4v) is 2.24. The molecular formula is C13H17BrO4. The van der Waals surface area contributed by atoms with Crippen molar-refractivity contribution in [2.45, 2.75) is 18.9 Å². The lowest BCUT2D eigenvalue weighted by Crippen LogP contribution is -2.25. The van der Waals surface area contributed by atoms with Crippen molar-refractivity contribution in [3.63, 3.8) is 0 Å². The predicted octanol–water partition coefficient (Wildman–Crippen LogP) is 2.09. The van der Waals surface area contributed by atoms with Crippen molar-refractivity contribution in [1.82, 2.24) is 0 Å². The van der Waals surface area contributed by atoms with Crippen LogP contribution in [0.4, 0.5) is 0 Å². The minimum atomic E-state index is -0.902. The van der Waals surface area contributed by atoms with E-state index < -0.39 is 18.0 Å². The van der Waals surface area contributed by atoms with Gasteiger partial charge in [0.25, 0.3) is 0 Å². The highest BCUT2D eigenvalue weighted by Gasteiger charge is 2.22.